The van der Waals surface area contributed by atoms with Crippen molar-refractivity contribution in [2.75, 3.05) is 6.54 Å². The summed E-state index contributed by atoms with van der Waals surface area (Å²) in [6.45, 7) is 2.63. The van der Waals surface area contributed by atoms with Gasteiger partial charge in [0.2, 0.25) is 5.91 Å². The SMILES string of the molecule is Cc1ccc(C2=NOC(CN(Cc3ccc(C(F)(F)F)cc3)C(=O)C3CCC3)C2)cc1. The Labute approximate surface area is 179 Å². The summed E-state index contributed by atoms with van der Waals surface area (Å²) < 4.78 is 38.5. The van der Waals surface area contributed by atoms with Crippen LogP contribution in [0.2, 0.25) is 0 Å². The van der Waals surface area contributed by atoms with Crippen molar-refractivity contribution in [3.8, 4) is 0 Å². The van der Waals surface area contributed by atoms with E-state index in [1.807, 2.05) is 31.2 Å². The summed E-state index contributed by atoms with van der Waals surface area (Å²) in [6.07, 6.45) is -1.30. The van der Waals surface area contributed by atoms with Crippen molar-refractivity contribution in [2.24, 2.45) is 11.1 Å². The first-order valence-corrected chi connectivity index (χ1v) is 10.5. The third-order valence-corrected chi connectivity index (χ3v) is 5.96. The molecule has 1 amide bonds. The molecule has 2 aliphatic rings. The summed E-state index contributed by atoms with van der Waals surface area (Å²) in [5, 5.41) is 4.21. The number of carbonyl (C=O) groups is 1. The molecule has 1 atom stereocenters. The molecule has 0 saturated heterocycles. The average molecular weight is 430 g/mol. The molecule has 2 aromatic rings. The van der Waals surface area contributed by atoms with Crippen LogP contribution in [0.25, 0.3) is 0 Å². The lowest BCUT2D eigenvalue weighted by atomic mass is 9.84. The Morgan fingerprint density at radius 3 is 2.35 bits per heavy atom. The van der Waals surface area contributed by atoms with E-state index in [1.54, 1.807) is 4.90 Å². The van der Waals surface area contributed by atoms with Gasteiger partial charge in [-0.3, -0.25) is 4.79 Å². The fraction of sp³-hybridized carbons (Fsp3) is 0.417. The first-order valence-electron chi connectivity index (χ1n) is 10.5. The number of rotatable bonds is 6. The van der Waals surface area contributed by atoms with Gasteiger partial charge in [-0.05, 0) is 43.0 Å². The van der Waals surface area contributed by atoms with E-state index in [9.17, 15) is 18.0 Å². The van der Waals surface area contributed by atoms with E-state index < -0.39 is 11.7 Å². The molecule has 0 radical (unpaired) electrons. The number of halogens is 3. The van der Waals surface area contributed by atoms with Crippen LogP contribution in [0.1, 0.15) is 47.9 Å². The van der Waals surface area contributed by atoms with E-state index in [1.165, 1.54) is 12.1 Å². The van der Waals surface area contributed by atoms with Crippen molar-refractivity contribution in [3.63, 3.8) is 0 Å². The van der Waals surface area contributed by atoms with Crippen molar-refractivity contribution >= 4 is 11.6 Å². The molecule has 31 heavy (non-hydrogen) atoms. The van der Waals surface area contributed by atoms with Gasteiger partial charge in [0.1, 0.15) is 0 Å². The highest BCUT2D eigenvalue weighted by Crippen LogP contribution is 2.31. The second kappa shape index (κ2) is 8.73. The summed E-state index contributed by atoms with van der Waals surface area (Å²) >= 11 is 0. The van der Waals surface area contributed by atoms with Crippen LogP contribution in [0, 0.1) is 12.8 Å². The molecule has 0 spiro atoms. The molecular formula is C24H25F3N2O2. The monoisotopic (exact) mass is 430 g/mol. The van der Waals surface area contributed by atoms with Crippen LogP contribution in [0.4, 0.5) is 13.2 Å². The zero-order valence-electron chi connectivity index (χ0n) is 17.4. The number of carbonyl (C=O) groups excluding carboxylic acids is 1. The zero-order chi connectivity index (χ0) is 22.0. The molecule has 0 N–H and O–H groups in total. The standard InChI is InChI=1S/C24H25F3N2O2/c1-16-5-9-18(10-6-16)22-13-21(31-28-22)15-29(23(30)19-3-2-4-19)14-17-7-11-20(12-8-17)24(25,26)27/h5-12,19,21H,2-4,13-15H2,1H3. The second-order valence-corrected chi connectivity index (χ2v) is 8.38. The summed E-state index contributed by atoms with van der Waals surface area (Å²) in [5.74, 6) is 0.0341. The molecule has 1 unspecified atom stereocenters. The zero-order valence-corrected chi connectivity index (χ0v) is 17.4. The van der Waals surface area contributed by atoms with Gasteiger partial charge in [0, 0.05) is 18.9 Å². The van der Waals surface area contributed by atoms with Gasteiger partial charge < -0.3 is 9.74 Å². The molecule has 1 aliphatic heterocycles. The first-order chi connectivity index (χ1) is 14.8. The predicted octanol–water partition coefficient (Wildman–Crippen LogP) is 5.34. The summed E-state index contributed by atoms with van der Waals surface area (Å²) in [5.41, 5.74) is 2.97. The normalized spacial score (nSPS) is 18.8. The predicted molar refractivity (Wildman–Crippen MR) is 111 cm³/mol. The number of hydrogen-bond acceptors (Lipinski definition) is 3. The molecule has 2 aromatic carbocycles. The second-order valence-electron chi connectivity index (χ2n) is 8.38. The van der Waals surface area contributed by atoms with Crippen LogP contribution in [0.3, 0.4) is 0 Å². The van der Waals surface area contributed by atoms with Crippen LogP contribution < -0.4 is 0 Å². The van der Waals surface area contributed by atoms with Crippen LogP contribution >= 0.6 is 0 Å². The van der Waals surface area contributed by atoms with Gasteiger partial charge in [0.05, 0.1) is 17.8 Å². The molecule has 164 valence electrons. The molecule has 1 heterocycles. The van der Waals surface area contributed by atoms with E-state index in [-0.39, 0.29) is 24.5 Å². The van der Waals surface area contributed by atoms with E-state index in [4.69, 9.17) is 4.84 Å². The number of oxime groups is 1. The lowest BCUT2D eigenvalue weighted by Crippen LogP contribution is -2.42. The van der Waals surface area contributed by atoms with Crippen LogP contribution in [-0.4, -0.2) is 29.2 Å². The fourth-order valence-electron chi connectivity index (χ4n) is 3.85. The van der Waals surface area contributed by atoms with Gasteiger partial charge in [-0.2, -0.15) is 13.2 Å². The molecule has 0 bridgehead atoms. The minimum absolute atomic E-state index is 0.00617. The van der Waals surface area contributed by atoms with Gasteiger partial charge in [-0.25, -0.2) is 0 Å². The molecular weight excluding hydrogens is 405 g/mol. The average Bonchev–Trinajstić information content (AvgIpc) is 3.15. The van der Waals surface area contributed by atoms with E-state index in [0.29, 0.717) is 18.5 Å². The number of amides is 1. The van der Waals surface area contributed by atoms with Crippen molar-refractivity contribution < 1.29 is 22.8 Å². The molecule has 4 nitrogen and oxygen atoms in total. The van der Waals surface area contributed by atoms with Crippen molar-refractivity contribution in [1.82, 2.24) is 4.90 Å². The lowest BCUT2D eigenvalue weighted by molar-refractivity contribution is -0.141. The van der Waals surface area contributed by atoms with Crippen molar-refractivity contribution in [1.29, 1.82) is 0 Å². The Bertz CT molecular complexity index is 948. The summed E-state index contributed by atoms with van der Waals surface area (Å²) in [4.78, 5) is 20.3. The summed E-state index contributed by atoms with van der Waals surface area (Å²) in [6, 6.07) is 13.0. The Hall–Kier alpha value is -2.83. The number of hydrogen-bond donors (Lipinski definition) is 0. The Balaban J connectivity index is 1.43. The highest BCUT2D eigenvalue weighted by Gasteiger charge is 2.33. The van der Waals surface area contributed by atoms with E-state index in [0.717, 1.165) is 48.2 Å². The minimum Gasteiger partial charge on any atom is -0.390 e. The van der Waals surface area contributed by atoms with Gasteiger partial charge in [0.15, 0.2) is 6.10 Å². The smallest absolute Gasteiger partial charge is 0.390 e. The molecule has 1 aliphatic carbocycles. The van der Waals surface area contributed by atoms with E-state index in [2.05, 4.69) is 5.16 Å². The van der Waals surface area contributed by atoms with Crippen molar-refractivity contribution in [3.05, 3.63) is 70.8 Å². The van der Waals surface area contributed by atoms with Crippen LogP contribution in [-0.2, 0) is 22.4 Å². The first kappa shape index (κ1) is 21.4. The highest BCUT2D eigenvalue weighted by molar-refractivity contribution is 6.01. The number of alkyl halides is 3. The molecule has 4 rings (SSSR count). The maximum atomic E-state index is 13.0. The maximum Gasteiger partial charge on any atom is 0.416 e. The number of nitrogens with zero attached hydrogens (tertiary/aromatic N) is 2. The largest absolute Gasteiger partial charge is 0.416 e. The minimum atomic E-state index is -4.37. The van der Waals surface area contributed by atoms with Gasteiger partial charge in [-0.15, -0.1) is 0 Å². The van der Waals surface area contributed by atoms with Crippen LogP contribution in [0.5, 0.6) is 0 Å². The maximum absolute atomic E-state index is 13.0. The van der Waals surface area contributed by atoms with E-state index >= 15 is 0 Å². The number of benzene rings is 2. The molecule has 1 fully saturated rings. The quantitative estimate of drug-likeness (QED) is 0.621. The molecule has 1 saturated carbocycles. The molecule has 0 aromatic heterocycles. The molecule has 7 heteroatoms. The lowest BCUT2D eigenvalue weighted by Gasteiger charge is -2.32. The Morgan fingerprint density at radius 2 is 1.77 bits per heavy atom. The Kier molecular flexibility index (Phi) is 6.03. The van der Waals surface area contributed by atoms with Gasteiger partial charge in [-0.1, -0.05) is 53.5 Å². The van der Waals surface area contributed by atoms with Crippen molar-refractivity contribution in [2.45, 2.75) is 51.4 Å². The third kappa shape index (κ3) is 5.09. The van der Waals surface area contributed by atoms with Crippen LogP contribution in [0.15, 0.2) is 53.7 Å². The fourth-order valence-corrected chi connectivity index (χ4v) is 3.85. The topological polar surface area (TPSA) is 41.9 Å². The highest BCUT2D eigenvalue weighted by atomic mass is 19.4. The van der Waals surface area contributed by atoms with Gasteiger partial charge >= 0.3 is 6.18 Å². The summed E-state index contributed by atoms with van der Waals surface area (Å²) in [7, 11) is 0. The number of aryl methyl sites for hydroxylation is 1. The third-order valence-electron chi connectivity index (χ3n) is 5.96. The van der Waals surface area contributed by atoms with Gasteiger partial charge in [0.25, 0.3) is 0 Å². The Morgan fingerprint density at radius 1 is 1.10 bits per heavy atom.